The van der Waals surface area contributed by atoms with Crippen molar-refractivity contribution in [3.05, 3.63) is 11.8 Å². The molecule has 1 aliphatic carbocycles. The van der Waals surface area contributed by atoms with Crippen molar-refractivity contribution in [1.82, 2.24) is 10.6 Å². The first-order valence-corrected chi connectivity index (χ1v) is 6.41. The van der Waals surface area contributed by atoms with Crippen LogP contribution in [0.4, 0.5) is 0 Å². The van der Waals surface area contributed by atoms with Gasteiger partial charge in [0.1, 0.15) is 0 Å². The van der Waals surface area contributed by atoms with Crippen LogP contribution >= 0.6 is 0 Å². The van der Waals surface area contributed by atoms with E-state index in [0.29, 0.717) is 0 Å². The second kappa shape index (κ2) is 4.17. The fourth-order valence-corrected chi connectivity index (χ4v) is 3.02. The predicted octanol–water partition coefficient (Wildman–Crippen LogP) is 2.63. The molecule has 0 spiro atoms. The average molecular weight is 208 g/mol. The minimum absolute atomic E-state index is 0.139. The van der Waals surface area contributed by atoms with E-state index in [1.54, 1.807) is 0 Å². The molecule has 2 rings (SSSR count). The number of hydrogen-bond acceptors (Lipinski definition) is 2. The maximum Gasteiger partial charge on any atom is 0.0850 e. The van der Waals surface area contributed by atoms with Crippen LogP contribution in [0.2, 0.25) is 0 Å². The molecule has 2 nitrogen and oxygen atoms in total. The van der Waals surface area contributed by atoms with Gasteiger partial charge >= 0.3 is 0 Å². The third-order valence-corrected chi connectivity index (χ3v) is 3.95. The molecule has 0 radical (unpaired) electrons. The maximum absolute atomic E-state index is 3.71. The molecule has 1 heterocycles. The summed E-state index contributed by atoms with van der Waals surface area (Å²) >= 11 is 0. The van der Waals surface area contributed by atoms with Gasteiger partial charge in [-0.1, -0.05) is 19.9 Å². The fourth-order valence-electron chi connectivity index (χ4n) is 3.02. The highest BCUT2D eigenvalue weighted by molar-refractivity contribution is 5.18. The third-order valence-electron chi connectivity index (χ3n) is 3.95. The monoisotopic (exact) mass is 208 g/mol. The van der Waals surface area contributed by atoms with Crippen LogP contribution in [0.5, 0.6) is 0 Å². The van der Waals surface area contributed by atoms with Gasteiger partial charge in [-0.15, -0.1) is 0 Å². The van der Waals surface area contributed by atoms with E-state index in [1.807, 2.05) is 0 Å². The first kappa shape index (κ1) is 11.0. The molecular formula is C13H24N2. The predicted molar refractivity (Wildman–Crippen MR) is 64.4 cm³/mol. The lowest BCUT2D eigenvalue weighted by Gasteiger charge is -2.40. The van der Waals surface area contributed by atoms with E-state index in [0.717, 1.165) is 18.4 Å². The Kier molecular flexibility index (Phi) is 3.06. The molecule has 0 aromatic rings. The van der Waals surface area contributed by atoms with Crippen molar-refractivity contribution in [2.45, 2.75) is 52.1 Å². The van der Waals surface area contributed by atoms with Crippen LogP contribution in [0.1, 0.15) is 46.5 Å². The summed E-state index contributed by atoms with van der Waals surface area (Å²) in [4.78, 5) is 0. The van der Waals surface area contributed by atoms with Gasteiger partial charge < -0.3 is 5.32 Å². The van der Waals surface area contributed by atoms with Crippen LogP contribution in [0.25, 0.3) is 0 Å². The molecule has 1 fully saturated rings. The zero-order valence-electron chi connectivity index (χ0n) is 10.3. The molecule has 15 heavy (non-hydrogen) atoms. The van der Waals surface area contributed by atoms with Crippen molar-refractivity contribution in [3.8, 4) is 0 Å². The van der Waals surface area contributed by atoms with Gasteiger partial charge in [-0.3, -0.25) is 5.32 Å². The van der Waals surface area contributed by atoms with Crippen molar-refractivity contribution in [1.29, 1.82) is 0 Å². The van der Waals surface area contributed by atoms with Gasteiger partial charge in [0.05, 0.1) is 5.66 Å². The Morgan fingerprint density at radius 2 is 2.33 bits per heavy atom. The molecule has 86 valence electrons. The first-order chi connectivity index (χ1) is 7.17. The molecule has 2 heteroatoms. The Balaban J connectivity index is 2.04. The Morgan fingerprint density at radius 3 is 3.00 bits per heavy atom. The fraction of sp³-hybridized carbons (Fsp3) is 0.846. The molecule has 1 aliphatic heterocycles. The zero-order valence-corrected chi connectivity index (χ0v) is 10.3. The lowest BCUT2D eigenvalue weighted by Crippen LogP contribution is -2.56. The molecule has 3 atom stereocenters. The summed E-state index contributed by atoms with van der Waals surface area (Å²) in [6, 6.07) is 0. The van der Waals surface area contributed by atoms with E-state index in [2.05, 4.69) is 37.5 Å². The van der Waals surface area contributed by atoms with E-state index in [1.165, 1.54) is 31.4 Å². The van der Waals surface area contributed by atoms with Crippen molar-refractivity contribution >= 4 is 0 Å². The summed E-state index contributed by atoms with van der Waals surface area (Å²) in [5.74, 6) is 1.64. The standard InChI is InChI=1S/C13H24N2/c1-4-10-8-11-6-7-13(3,14-5-2)15-12(11)9-10/h9-11,14-15H,4-8H2,1-3H3/t10?,11?,13-/m1/s1. The Hall–Kier alpha value is -0.500. The number of piperidine rings is 1. The summed E-state index contributed by atoms with van der Waals surface area (Å²) in [5.41, 5.74) is 1.65. The summed E-state index contributed by atoms with van der Waals surface area (Å²) in [5, 5.41) is 7.26. The highest BCUT2D eigenvalue weighted by Gasteiger charge is 2.36. The summed E-state index contributed by atoms with van der Waals surface area (Å²) in [6.07, 6.45) is 7.73. The van der Waals surface area contributed by atoms with E-state index in [4.69, 9.17) is 0 Å². The van der Waals surface area contributed by atoms with E-state index >= 15 is 0 Å². The highest BCUT2D eigenvalue weighted by atomic mass is 15.2. The van der Waals surface area contributed by atoms with Crippen molar-refractivity contribution < 1.29 is 0 Å². The minimum Gasteiger partial charge on any atom is -0.371 e. The number of allylic oxidation sites excluding steroid dienone is 2. The zero-order chi connectivity index (χ0) is 10.9. The highest BCUT2D eigenvalue weighted by Crippen LogP contribution is 2.39. The second-order valence-corrected chi connectivity index (χ2v) is 5.25. The number of rotatable bonds is 3. The molecule has 0 aromatic carbocycles. The topological polar surface area (TPSA) is 24.1 Å². The molecule has 0 saturated carbocycles. The largest absolute Gasteiger partial charge is 0.371 e. The van der Waals surface area contributed by atoms with Crippen molar-refractivity contribution in [2.24, 2.45) is 11.8 Å². The van der Waals surface area contributed by atoms with Crippen LogP contribution in [0.3, 0.4) is 0 Å². The molecule has 2 N–H and O–H groups in total. The maximum atomic E-state index is 3.71. The van der Waals surface area contributed by atoms with Crippen LogP contribution in [-0.4, -0.2) is 12.2 Å². The normalized spacial score (nSPS) is 39.5. The second-order valence-electron chi connectivity index (χ2n) is 5.25. The van der Waals surface area contributed by atoms with E-state index in [-0.39, 0.29) is 5.66 Å². The van der Waals surface area contributed by atoms with Crippen LogP contribution in [0, 0.1) is 11.8 Å². The molecule has 0 bridgehead atoms. The Morgan fingerprint density at radius 1 is 1.53 bits per heavy atom. The molecule has 2 unspecified atom stereocenters. The van der Waals surface area contributed by atoms with Gasteiger partial charge in [-0.25, -0.2) is 0 Å². The molecule has 0 aromatic heterocycles. The van der Waals surface area contributed by atoms with Crippen LogP contribution in [-0.2, 0) is 0 Å². The molecular weight excluding hydrogens is 184 g/mol. The van der Waals surface area contributed by atoms with Crippen molar-refractivity contribution in [3.63, 3.8) is 0 Å². The Bertz CT molecular complexity index is 259. The van der Waals surface area contributed by atoms with Gasteiger partial charge in [0, 0.05) is 5.70 Å². The summed E-state index contributed by atoms with van der Waals surface area (Å²) in [7, 11) is 0. The van der Waals surface area contributed by atoms with E-state index in [9.17, 15) is 0 Å². The lowest BCUT2D eigenvalue weighted by molar-refractivity contribution is 0.221. The number of hydrogen-bond donors (Lipinski definition) is 2. The van der Waals surface area contributed by atoms with Crippen LogP contribution in [0.15, 0.2) is 11.8 Å². The number of nitrogens with one attached hydrogen (secondary N) is 2. The smallest absolute Gasteiger partial charge is 0.0850 e. The molecule has 1 saturated heterocycles. The van der Waals surface area contributed by atoms with Crippen molar-refractivity contribution in [2.75, 3.05) is 6.54 Å². The SMILES string of the molecule is CCN[C@@]1(C)CCC2CC(CC)C=C2N1. The Labute approximate surface area is 93.5 Å². The minimum atomic E-state index is 0.139. The van der Waals surface area contributed by atoms with Gasteiger partial charge in [0.15, 0.2) is 0 Å². The molecule has 2 aliphatic rings. The number of fused-ring (bicyclic) bond motifs is 1. The van der Waals surface area contributed by atoms with Gasteiger partial charge in [0.2, 0.25) is 0 Å². The van der Waals surface area contributed by atoms with Gasteiger partial charge in [-0.2, -0.15) is 0 Å². The van der Waals surface area contributed by atoms with Gasteiger partial charge in [-0.05, 0) is 51.0 Å². The van der Waals surface area contributed by atoms with Crippen LogP contribution < -0.4 is 10.6 Å². The average Bonchev–Trinajstić information content (AvgIpc) is 2.59. The first-order valence-electron chi connectivity index (χ1n) is 6.41. The van der Waals surface area contributed by atoms with Gasteiger partial charge in [0.25, 0.3) is 0 Å². The lowest BCUT2D eigenvalue weighted by atomic mass is 9.88. The quantitative estimate of drug-likeness (QED) is 0.745. The third kappa shape index (κ3) is 2.20. The molecule has 0 amide bonds. The summed E-state index contributed by atoms with van der Waals surface area (Å²) in [6.45, 7) is 7.80. The van der Waals surface area contributed by atoms with E-state index < -0.39 is 0 Å². The summed E-state index contributed by atoms with van der Waals surface area (Å²) < 4.78 is 0.